The smallest absolute Gasteiger partial charge is 0.457 e. The average Bonchev–Trinajstić information content (AvgIpc) is 3.40. The van der Waals surface area contributed by atoms with Gasteiger partial charge < -0.3 is 24.6 Å². The van der Waals surface area contributed by atoms with Crippen molar-refractivity contribution in [2.75, 3.05) is 33.0 Å². The molecule has 0 spiro atoms. The third-order valence-electron chi connectivity index (χ3n) is 15.5. The number of phosphoric ester groups is 1. The van der Waals surface area contributed by atoms with E-state index >= 15 is 0 Å². The van der Waals surface area contributed by atoms with E-state index in [4.69, 9.17) is 23.6 Å². The molecule has 10 heteroatoms. The van der Waals surface area contributed by atoms with Crippen LogP contribution >= 0.6 is 7.82 Å². The summed E-state index contributed by atoms with van der Waals surface area (Å²) in [6.07, 6.45) is 71.3. The Kier molecular flexibility index (Phi) is 62.2. The molecule has 0 aliphatic carbocycles. The van der Waals surface area contributed by atoms with E-state index in [9.17, 15) is 19.4 Å². The Hall–Kier alpha value is -0.540. The van der Waals surface area contributed by atoms with Crippen molar-refractivity contribution < 1.29 is 43.0 Å². The fourth-order valence-electron chi connectivity index (χ4n) is 10.5. The topological polar surface area (TPSA) is 132 Å². The Morgan fingerprint density at radius 1 is 0.360 bits per heavy atom. The molecule has 0 amide bonds. The van der Waals surface area contributed by atoms with Crippen molar-refractivity contribution in [2.24, 2.45) is 0 Å². The van der Waals surface area contributed by atoms with Crippen LogP contribution in [0.2, 0.25) is 0 Å². The standard InChI is InChI=1S/C65H131O9P/c1-3-5-7-9-11-13-15-17-19-21-23-25-26-27-28-29-30-31-32-33-34-35-36-37-38-39-41-43-45-47-49-51-53-55-57-65(68)74-64(62-73-75(69,70)72-60-63(67)59-66)61-71-58-56-54-52-50-48-46-44-42-40-24-22-20-18-16-14-12-10-8-6-4-2/h63-64,66-67H,3-62H2,1-2H3,(H,69,70)/t63-,64+/m0/s1. The van der Waals surface area contributed by atoms with E-state index in [1.54, 1.807) is 0 Å². The van der Waals surface area contributed by atoms with Gasteiger partial charge in [0.15, 0.2) is 0 Å². The van der Waals surface area contributed by atoms with E-state index in [-0.39, 0.29) is 25.6 Å². The van der Waals surface area contributed by atoms with Gasteiger partial charge in [-0.3, -0.25) is 13.8 Å². The summed E-state index contributed by atoms with van der Waals surface area (Å²) < 4.78 is 33.7. The van der Waals surface area contributed by atoms with Crippen molar-refractivity contribution in [1.29, 1.82) is 0 Å². The van der Waals surface area contributed by atoms with Gasteiger partial charge in [-0.15, -0.1) is 0 Å². The van der Waals surface area contributed by atoms with E-state index < -0.39 is 33.2 Å². The number of phosphoric acid groups is 1. The summed E-state index contributed by atoms with van der Waals surface area (Å²) in [5.74, 6) is -0.369. The second-order valence-corrected chi connectivity index (χ2v) is 24.7. The molecule has 0 rings (SSSR count). The summed E-state index contributed by atoms with van der Waals surface area (Å²) in [5.41, 5.74) is 0. The van der Waals surface area contributed by atoms with Crippen LogP contribution in [0.1, 0.15) is 367 Å². The molecule has 0 aromatic carbocycles. The fraction of sp³-hybridized carbons (Fsp3) is 0.985. The Morgan fingerprint density at radius 2 is 0.600 bits per heavy atom. The Bertz CT molecular complexity index is 1140. The number of carbonyl (C=O) groups excluding carboxylic acids is 1. The lowest BCUT2D eigenvalue weighted by molar-refractivity contribution is -0.154. The maximum atomic E-state index is 12.8. The van der Waals surface area contributed by atoms with Crippen LogP contribution in [0.25, 0.3) is 0 Å². The molecule has 0 radical (unpaired) electrons. The van der Waals surface area contributed by atoms with Crippen molar-refractivity contribution in [3.63, 3.8) is 0 Å². The molecule has 3 N–H and O–H groups in total. The first-order valence-electron chi connectivity index (χ1n) is 33.5. The Morgan fingerprint density at radius 3 is 0.867 bits per heavy atom. The largest absolute Gasteiger partial charge is 0.472 e. The number of esters is 1. The number of unbranched alkanes of at least 4 members (excludes halogenated alkanes) is 52. The second-order valence-electron chi connectivity index (χ2n) is 23.2. The monoisotopic (exact) mass is 1090 g/mol. The number of carbonyl (C=O) groups is 1. The normalized spacial score (nSPS) is 13.4. The number of aliphatic hydroxyl groups excluding tert-OH is 2. The molecule has 0 aliphatic heterocycles. The summed E-state index contributed by atoms with van der Waals surface area (Å²) in [7, 11) is -4.52. The molecule has 450 valence electrons. The summed E-state index contributed by atoms with van der Waals surface area (Å²) in [4.78, 5) is 22.8. The van der Waals surface area contributed by atoms with E-state index in [2.05, 4.69) is 13.8 Å². The first-order valence-corrected chi connectivity index (χ1v) is 35.0. The minimum Gasteiger partial charge on any atom is -0.457 e. The molecule has 0 bridgehead atoms. The number of hydrogen-bond acceptors (Lipinski definition) is 8. The van der Waals surface area contributed by atoms with E-state index in [1.165, 1.54) is 315 Å². The van der Waals surface area contributed by atoms with Gasteiger partial charge >= 0.3 is 13.8 Å². The molecule has 0 aliphatic rings. The third kappa shape index (κ3) is 62.5. The molecule has 0 fully saturated rings. The van der Waals surface area contributed by atoms with Crippen molar-refractivity contribution >= 4 is 13.8 Å². The van der Waals surface area contributed by atoms with Crippen molar-refractivity contribution in [1.82, 2.24) is 0 Å². The van der Waals surface area contributed by atoms with Crippen molar-refractivity contribution in [2.45, 2.75) is 379 Å². The number of rotatable bonds is 66. The minimum atomic E-state index is -4.52. The van der Waals surface area contributed by atoms with Gasteiger partial charge in [0, 0.05) is 13.0 Å². The van der Waals surface area contributed by atoms with Crippen LogP contribution in [0, 0.1) is 0 Å². The van der Waals surface area contributed by atoms with Crippen LogP contribution in [0.3, 0.4) is 0 Å². The third-order valence-corrected chi connectivity index (χ3v) is 16.5. The SMILES string of the molecule is CCCCCCCCCCCCCCCCCCCCCCCCCCCCCCCCCCCCC(=O)O[C@H](COCCCCCCCCCCCCCCCCCCCCCC)COP(=O)(O)OC[C@@H](O)CO. The van der Waals surface area contributed by atoms with Gasteiger partial charge in [0.1, 0.15) is 12.2 Å². The van der Waals surface area contributed by atoms with Gasteiger partial charge in [0.2, 0.25) is 0 Å². The van der Waals surface area contributed by atoms with E-state index in [0.717, 1.165) is 32.1 Å². The molecule has 1 unspecified atom stereocenters. The highest BCUT2D eigenvalue weighted by Crippen LogP contribution is 2.43. The zero-order chi connectivity index (χ0) is 54.5. The second kappa shape index (κ2) is 62.7. The highest BCUT2D eigenvalue weighted by atomic mass is 31.2. The maximum Gasteiger partial charge on any atom is 0.472 e. The first-order chi connectivity index (χ1) is 36.8. The maximum absolute atomic E-state index is 12.8. The molecule has 0 aromatic heterocycles. The van der Waals surface area contributed by atoms with Crippen molar-refractivity contribution in [3.05, 3.63) is 0 Å². The summed E-state index contributed by atoms with van der Waals surface area (Å²) >= 11 is 0. The average molecular weight is 1090 g/mol. The Labute approximate surface area is 467 Å². The number of hydrogen-bond donors (Lipinski definition) is 3. The molecular formula is C65H131O9P. The molecular weight excluding hydrogens is 956 g/mol. The Balaban J connectivity index is 3.80. The summed E-state index contributed by atoms with van der Waals surface area (Å²) in [6.45, 7) is 3.64. The van der Waals surface area contributed by atoms with Gasteiger partial charge in [-0.2, -0.15) is 0 Å². The van der Waals surface area contributed by atoms with Crippen LogP contribution < -0.4 is 0 Å². The van der Waals surface area contributed by atoms with Gasteiger partial charge in [0.25, 0.3) is 0 Å². The highest BCUT2D eigenvalue weighted by molar-refractivity contribution is 7.47. The number of aliphatic hydroxyl groups is 2. The van der Waals surface area contributed by atoms with Crippen molar-refractivity contribution in [3.8, 4) is 0 Å². The molecule has 9 nitrogen and oxygen atoms in total. The lowest BCUT2D eigenvalue weighted by Crippen LogP contribution is -2.29. The zero-order valence-electron chi connectivity index (χ0n) is 50.3. The fourth-order valence-corrected chi connectivity index (χ4v) is 11.3. The minimum absolute atomic E-state index is 0.0593. The zero-order valence-corrected chi connectivity index (χ0v) is 51.2. The lowest BCUT2D eigenvalue weighted by atomic mass is 10.0. The van der Waals surface area contributed by atoms with Crippen LogP contribution in [0.5, 0.6) is 0 Å². The molecule has 3 atom stereocenters. The van der Waals surface area contributed by atoms with Crippen LogP contribution in [0.4, 0.5) is 0 Å². The van der Waals surface area contributed by atoms with E-state index in [1.807, 2.05) is 0 Å². The van der Waals surface area contributed by atoms with Gasteiger partial charge in [-0.1, -0.05) is 348 Å². The number of ether oxygens (including phenoxy) is 2. The molecule has 0 saturated heterocycles. The predicted octanol–water partition coefficient (Wildman–Crippen LogP) is 20.9. The van der Waals surface area contributed by atoms with Crippen LogP contribution in [-0.4, -0.2) is 66.3 Å². The van der Waals surface area contributed by atoms with Crippen LogP contribution in [0.15, 0.2) is 0 Å². The molecule has 0 saturated carbocycles. The highest BCUT2D eigenvalue weighted by Gasteiger charge is 2.26. The van der Waals surface area contributed by atoms with Gasteiger partial charge in [0.05, 0.1) is 26.4 Å². The van der Waals surface area contributed by atoms with Gasteiger partial charge in [-0.25, -0.2) is 4.57 Å². The van der Waals surface area contributed by atoms with Gasteiger partial charge in [-0.05, 0) is 12.8 Å². The quantitative estimate of drug-likeness (QED) is 0.0309. The first kappa shape index (κ1) is 74.5. The summed E-state index contributed by atoms with van der Waals surface area (Å²) in [6, 6.07) is 0. The summed E-state index contributed by atoms with van der Waals surface area (Å²) in [5, 5.41) is 18.5. The molecule has 0 aromatic rings. The predicted molar refractivity (Wildman–Crippen MR) is 321 cm³/mol. The van der Waals surface area contributed by atoms with E-state index in [0.29, 0.717) is 6.61 Å². The molecule has 0 heterocycles. The van der Waals surface area contributed by atoms with Crippen LogP contribution in [-0.2, 0) is 27.9 Å². The molecule has 75 heavy (non-hydrogen) atoms. The lowest BCUT2D eigenvalue weighted by Gasteiger charge is -2.20.